The summed E-state index contributed by atoms with van der Waals surface area (Å²) in [7, 11) is 0. The number of hydrogen-bond donors (Lipinski definition) is 1. The van der Waals surface area contributed by atoms with Gasteiger partial charge >= 0.3 is 0 Å². The van der Waals surface area contributed by atoms with Gasteiger partial charge in [0.05, 0.1) is 6.10 Å². The maximum absolute atomic E-state index is 12.6. The van der Waals surface area contributed by atoms with Crippen molar-refractivity contribution in [3.05, 3.63) is 29.8 Å². The zero-order valence-corrected chi connectivity index (χ0v) is 16.8. The second-order valence-electron chi connectivity index (χ2n) is 6.86. The minimum Gasteiger partial charge on any atom is -0.379 e. The molecule has 1 heterocycles. The number of benzene rings is 1. The molecular weight excluding hydrogens is 348 g/mol. The van der Waals surface area contributed by atoms with Crippen LogP contribution < -0.4 is 5.32 Å². The van der Waals surface area contributed by atoms with E-state index in [1.807, 2.05) is 49.3 Å². The molecule has 6 heteroatoms. The molecule has 1 aliphatic rings. The van der Waals surface area contributed by atoms with Crippen molar-refractivity contribution in [2.45, 2.75) is 44.1 Å². The highest BCUT2D eigenvalue weighted by Crippen LogP contribution is 2.21. The molecule has 1 fully saturated rings. The number of amides is 2. The van der Waals surface area contributed by atoms with E-state index < -0.39 is 0 Å². The van der Waals surface area contributed by atoms with Crippen molar-refractivity contribution in [3.8, 4) is 0 Å². The number of rotatable bonds is 8. The Balaban J connectivity index is 1.72. The number of thioether (sulfide) groups is 1. The Morgan fingerprint density at radius 3 is 2.46 bits per heavy atom. The molecule has 2 rings (SSSR count). The predicted octanol–water partition coefficient (Wildman–Crippen LogP) is 3.19. The van der Waals surface area contributed by atoms with E-state index in [0.717, 1.165) is 29.7 Å². The molecule has 0 radical (unpaired) electrons. The predicted molar refractivity (Wildman–Crippen MR) is 106 cm³/mol. The number of hydrogen-bond acceptors (Lipinski definition) is 4. The van der Waals surface area contributed by atoms with E-state index in [1.165, 1.54) is 0 Å². The number of nitrogens with one attached hydrogen (secondary N) is 1. The van der Waals surface area contributed by atoms with Gasteiger partial charge in [-0.15, -0.1) is 11.8 Å². The third-order valence-electron chi connectivity index (χ3n) is 4.56. The van der Waals surface area contributed by atoms with Crippen molar-refractivity contribution in [3.63, 3.8) is 0 Å². The van der Waals surface area contributed by atoms with Gasteiger partial charge in [0.15, 0.2) is 0 Å². The third kappa shape index (κ3) is 6.32. The lowest BCUT2D eigenvalue weighted by atomic mass is 9.95. The van der Waals surface area contributed by atoms with E-state index in [9.17, 15) is 9.59 Å². The summed E-state index contributed by atoms with van der Waals surface area (Å²) in [6, 6.07) is 7.71. The minimum atomic E-state index is 0.00364. The molecule has 144 valence electrons. The SMILES string of the molecule is CSc1ccc(C(=O)N2CCC(C(=O)NCCCOC(C)C)CC2)cc1. The second-order valence-corrected chi connectivity index (χ2v) is 7.74. The summed E-state index contributed by atoms with van der Waals surface area (Å²) in [4.78, 5) is 27.8. The van der Waals surface area contributed by atoms with Gasteiger partial charge in [0.25, 0.3) is 5.91 Å². The maximum Gasteiger partial charge on any atom is 0.253 e. The van der Waals surface area contributed by atoms with Crippen molar-refractivity contribution in [1.82, 2.24) is 10.2 Å². The topological polar surface area (TPSA) is 58.6 Å². The van der Waals surface area contributed by atoms with Gasteiger partial charge in [-0.3, -0.25) is 9.59 Å². The average Bonchev–Trinajstić information content (AvgIpc) is 2.67. The summed E-state index contributed by atoms with van der Waals surface area (Å²) in [6.45, 7) is 6.59. The Bertz CT molecular complexity index is 581. The fraction of sp³-hybridized carbons (Fsp3) is 0.600. The van der Waals surface area contributed by atoms with Crippen molar-refractivity contribution in [2.24, 2.45) is 5.92 Å². The average molecular weight is 379 g/mol. The Morgan fingerprint density at radius 1 is 1.23 bits per heavy atom. The maximum atomic E-state index is 12.6. The molecule has 1 aromatic carbocycles. The molecule has 0 bridgehead atoms. The lowest BCUT2D eigenvalue weighted by Gasteiger charge is -2.31. The van der Waals surface area contributed by atoms with Gasteiger partial charge in [0.2, 0.25) is 5.91 Å². The van der Waals surface area contributed by atoms with Crippen molar-refractivity contribution >= 4 is 23.6 Å². The Labute approximate surface area is 160 Å². The molecule has 1 aromatic rings. The monoisotopic (exact) mass is 378 g/mol. The van der Waals surface area contributed by atoms with Crippen LogP contribution in [0.3, 0.4) is 0 Å². The zero-order chi connectivity index (χ0) is 18.9. The summed E-state index contributed by atoms with van der Waals surface area (Å²) < 4.78 is 5.47. The van der Waals surface area contributed by atoms with Gasteiger partial charge in [0.1, 0.15) is 0 Å². The van der Waals surface area contributed by atoms with Crippen molar-refractivity contribution < 1.29 is 14.3 Å². The van der Waals surface area contributed by atoms with Crippen LogP contribution in [0.15, 0.2) is 29.2 Å². The van der Waals surface area contributed by atoms with E-state index in [0.29, 0.717) is 26.2 Å². The van der Waals surface area contributed by atoms with Gasteiger partial charge in [-0.05, 0) is 63.6 Å². The fourth-order valence-electron chi connectivity index (χ4n) is 3.01. The quantitative estimate of drug-likeness (QED) is 0.557. The smallest absolute Gasteiger partial charge is 0.253 e. The third-order valence-corrected chi connectivity index (χ3v) is 5.31. The van der Waals surface area contributed by atoms with E-state index in [2.05, 4.69) is 5.32 Å². The molecule has 0 unspecified atom stereocenters. The van der Waals surface area contributed by atoms with E-state index in [1.54, 1.807) is 11.8 Å². The number of carbonyl (C=O) groups excluding carboxylic acids is 2. The highest BCUT2D eigenvalue weighted by molar-refractivity contribution is 7.98. The number of piperidine rings is 1. The molecule has 0 aromatic heterocycles. The highest BCUT2D eigenvalue weighted by atomic mass is 32.2. The molecule has 26 heavy (non-hydrogen) atoms. The van der Waals surface area contributed by atoms with Crippen LogP contribution in [0.1, 0.15) is 43.5 Å². The molecule has 0 atom stereocenters. The summed E-state index contributed by atoms with van der Waals surface area (Å²) in [5, 5.41) is 2.99. The Hall–Kier alpha value is -1.53. The fourth-order valence-corrected chi connectivity index (χ4v) is 3.42. The molecule has 0 aliphatic carbocycles. The lowest BCUT2D eigenvalue weighted by molar-refractivity contribution is -0.126. The van der Waals surface area contributed by atoms with E-state index >= 15 is 0 Å². The lowest BCUT2D eigenvalue weighted by Crippen LogP contribution is -2.43. The summed E-state index contributed by atoms with van der Waals surface area (Å²) in [5.41, 5.74) is 0.718. The molecule has 0 spiro atoms. The van der Waals surface area contributed by atoms with Crippen molar-refractivity contribution in [1.29, 1.82) is 0 Å². The van der Waals surface area contributed by atoms with E-state index in [-0.39, 0.29) is 23.8 Å². The van der Waals surface area contributed by atoms with Gasteiger partial charge in [-0.1, -0.05) is 0 Å². The first-order valence-corrected chi connectivity index (χ1v) is 10.6. The van der Waals surface area contributed by atoms with Crippen LogP contribution in [0, 0.1) is 5.92 Å². The molecule has 2 amide bonds. The van der Waals surface area contributed by atoms with Gasteiger partial charge in [0, 0.05) is 42.6 Å². The van der Waals surface area contributed by atoms with Gasteiger partial charge < -0.3 is 15.0 Å². The first kappa shape index (κ1) is 20.8. The summed E-state index contributed by atoms with van der Waals surface area (Å²) in [6.07, 6.45) is 4.52. The van der Waals surface area contributed by atoms with Crippen molar-refractivity contribution in [2.75, 3.05) is 32.5 Å². The number of nitrogens with zero attached hydrogens (tertiary/aromatic N) is 1. The Morgan fingerprint density at radius 2 is 1.88 bits per heavy atom. The van der Waals surface area contributed by atoms with Crippen LogP contribution in [-0.4, -0.2) is 55.3 Å². The van der Waals surface area contributed by atoms with Gasteiger partial charge in [-0.2, -0.15) is 0 Å². The van der Waals surface area contributed by atoms with Crippen LogP contribution in [0.4, 0.5) is 0 Å². The molecule has 1 N–H and O–H groups in total. The summed E-state index contributed by atoms with van der Waals surface area (Å²) in [5.74, 6) is 0.164. The standard InChI is InChI=1S/C20H30N2O3S/c1-15(2)25-14-4-11-21-19(23)16-9-12-22(13-10-16)20(24)17-5-7-18(26-3)8-6-17/h5-8,15-16H,4,9-14H2,1-3H3,(H,21,23). The Kier molecular flexibility index (Phi) is 8.45. The van der Waals surface area contributed by atoms with Crippen LogP contribution in [-0.2, 0) is 9.53 Å². The minimum absolute atomic E-state index is 0.00364. The second kappa shape index (κ2) is 10.6. The largest absolute Gasteiger partial charge is 0.379 e. The van der Waals surface area contributed by atoms with Crippen LogP contribution >= 0.6 is 11.8 Å². The van der Waals surface area contributed by atoms with Crippen LogP contribution in [0.2, 0.25) is 0 Å². The first-order valence-electron chi connectivity index (χ1n) is 9.34. The molecule has 1 saturated heterocycles. The zero-order valence-electron chi connectivity index (χ0n) is 16.0. The van der Waals surface area contributed by atoms with Crippen LogP contribution in [0.25, 0.3) is 0 Å². The van der Waals surface area contributed by atoms with Crippen LogP contribution in [0.5, 0.6) is 0 Å². The number of ether oxygens (including phenoxy) is 1. The molecule has 0 saturated carbocycles. The molecular formula is C20H30N2O3S. The van der Waals surface area contributed by atoms with Gasteiger partial charge in [-0.25, -0.2) is 0 Å². The molecule has 5 nitrogen and oxygen atoms in total. The number of likely N-dealkylation sites (tertiary alicyclic amines) is 1. The highest BCUT2D eigenvalue weighted by Gasteiger charge is 2.27. The summed E-state index contributed by atoms with van der Waals surface area (Å²) >= 11 is 1.66. The molecule has 1 aliphatic heterocycles. The van der Waals surface area contributed by atoms with E-state index in [4.69, 9.17) is 4.74 Å². The number of carbonyl (C=O) groups is 2. The first-order chi connectivity index (χ1) is 12.5. The normalized spacial score (nSPS) is 15.3.